The fourth-order valence-electron chi connectivity index (χ4n) is 3.71. The molecule has 30 heavy (non-hydrogen) atoms. The van der Waals surface area contributed by atoms with Crippen LogP contribution in [0.15, 0.2) is 54.6 Å². The van der Waals surface area contributed by atoms with E-state index in [2.05, 4.69) is 37.1 Å². The molecule has 3 rings (SSSR count). The molecular weight excluding hydrogens is 376 g/mol. The van der Waals surface area contributed by atoms with Crippen molar-refractivity contribution >= 4 is 16.9 Å². The second kappa shape index (κ2) is 9.61. The Labute approximate surface area is 178 Å². The molecule has 2 aromatic carbocycles. The zero-order valence-electron chi connectivity index (χ0n) is 18.1. The van der Waals surface area contributed by atoms with Crippen molar-refractivity contribution in [1.82, 2.24) is 9.78 Å². The normalized spacial score (nSPS) is 12.7. The number of aryl methyl sites for hydroxylation is 1. The van der Waals surface area contributed by atoms with Gasteiger partial charge >= 0.3 is 5.97 Å². The number of carbonyl (C=O) groups is 1. The van der Waals surface area contributed by atoms with Crippen LogP contribution in [0.4, 0.5) is 0 Å². The van der Waals surface area contributed by atoms with Crippen LogP contribution in [0.2, 0.25) is 0 Å². The molecule has 1 atom stereocenters. The minimum absolute atomic E-state index is 0.0778. The monoisotopic (exact) mass is 406 g/mol. The highest BCUT2D eigenvalue weighted by atomic mass is 16.5. The Morgan fingerprint density at radius 2 is 1.93 bits per heavy atom. The average molecular weight is 407 g/mol. The summed E-state index contributed by atoms with van der Waals surface area (Å²) >= 11 is 0. The van der Waals surface area contributed by atoms with E-state index in [0.717, 1.165) is 34.5 Å². The molecule has 158 valence electrons. The van der Waals surface area contributed by atoms with Gasteiger partial charge in [0.1, 0.15) is 12.4 Å². The molecule has 1 N–H and O–H groups in total. The molecule has 0 unspecified atom stereocenters. The molecule has 0 saturated carbocycles. The smallest absolute Gasteiger partial charge is 0.304 e. The molecule has 0 fully saturated rings. The van der Waals surface area contributed by atoms with Crippen LogP contribution in [-0.4, -0.2) is 20.9 Å². The Hall–Kier alpha value is -3.08. The Balaban J connectivity index is 1.72. The number of carboxylic acid groups (broad SMARTS) is 1. The minimum Gasteiger partial charge on any atom is -0.489 e. The van der Waals surface area contributed by atoms with Crippen molar-refractivity contribution in [2.45, 2.75) is 46.1 Å². The van der Waals surface area contributed by atoms with Gasteiger partial charge in [-0.3, -0.25) is 9.48 Å². The van der Waals surface area contributed by atoms with Gasteiger partial charge in [-0.15, -0.1) is 0 Å². The lowest BCUT2D eigenvalue weighted by Crippen LogP contribution is -2.04. The number of aromatic nitrogens is 2. The minimum atomic E-state index is -0.805. The van der Waals surface area contributed by atoms with E-state index in [9.17, 15) is 4.79 Å². The molecule has 0 aliphatic rings. The largest absolute Gasteiger partial charge is 0.489 e. The highest BCUT2D eigenvalue weighted by Crippen LogP contribution is 2.26. The number of hydrogen-bond acceptors (Lipinski definition) is 3. The molecule has 1 aromatic heterocycles. The van der Waals surface area contributed by atoms with Crippen molar-refractivity contribution in [2.24, 2.45) is 13.0 Å². The van der Waals surface area contributed by atoms with E-state index in [4.69, 9.17) is 9.84 Å². The summed E-state index contributed by atoms with van der Waals surface area (Å²) in [6, 6.07) is 14.0. The van der Waals surface area contributed by atoms with Gasteiger partial charge in [0.05, 0.1) is 17.6 Å². The van der Waals surface area contributed by atoms with Crippen molar-refractivity contribution in [3.63, 3.8) is 0 Å². The molecule has 0 bridgehead atoms. The number of nitrogens with zero attached hydrogens (tertiary/aromatic N) is 2. The van der Waals surface area contributed by atoms with Gasteiger partial charge in [0.2, 0.25) is 0 Å². The number of fused-ring (bicyclic) bond motifs is 1. The maximum absolute atomic E-state index is 11.1. The fourth-order valence-corrected chi connectivity index (χ4v) is 3.71. The number of rotatable bonds is 9. The zero-order valence-corrected chi connectivity index (χ0v) is 18.1. The Bertz CT molecular complexity index is 1030. The van der Waals surface area contributed by atoms with Crippen LogP contribution in [0.1, 0.15) is 49.9 Å². The Kier molecular flexibility index (Phi) is 6.93. The van der Waals surface area contributed by atoms with Crippen molar-refractivity contribution in [3.05, 3.63) is 71.4 Å². The topological polar surface area (TPSA) is 64.3 Å². The Morgan fingerprint density at radius 1 is 1.20 bits per heavy atom. The van der Waals surface area contributed by atoms with E-state index in [1.165, 1.54) is 5.39 Å². The van der Waals surface area contributed by atoms with Gasteiger partial charge in [-0.05, 0) is 54.7 Å². The van der Waals surface area contributed by atoms with Crippen molar-refractivity contribution < 1.29 is 14.6 Å². The summed E-state index contributed by atoms with van der Waals surface area (Å²) in [7, 11) is 1.98. The van der Waals surface area contributed by atoms with Gasteiger partial charge in [-0.2, -0.15) is 5.10 Å². The lowest BCUT2D eigenvalue weighted by atomic mass is 9.95. The van der Waals surface area contributed by atoms with Gasteiger partial charge in [0.15, 0.2) is 0 Å². The number of benzene rings is 2. The molecule has 0 aliphatic carbocycles. The molecule has 0 saturated heterocycles. The van der Waals surface area contributed by atoms with Gasteiger partial charge < -0.3 is 9.84 Å². The highest BCUT2D eigenvalue weighted by molar-refractivity contribution is 5.82. The van der Waals surface area contributed by atoms with Gasteiger partial charge in [0, 0.05) is 18.4 Å². The maximum atomic E-state index is 11.1. The van der Waals surface area contributed by atoms with Gasteiger partial charge in [0.25, 0.3) is 0 Å². The fraction of sp³-hybridized carbons (Fsp3) is 0.360. The van der Waals surface area contributed by atoms with Crippen LogP contribution in [0.25, 0.3) is 10.9 Å². The quantitative estimate of drug-likeness (QED) is 0.478. The molecule has 0 spiro atoms. The summed E-state index contributed by atoms with van der Waals surface area (Å²) in [5.74, 6) is 0.381. The first-order valence-electron chi connectivity index (χ1n) is 10.4. The molecule has 3 aromatic rings. The molecular formula is C25H30N2O3. The maximum Gasteiger partial charge on any atom is 0.304 e. The van der Waals surface area contributed by atoms with Gasteiger partial charge in [-0.25, -0.2) is 0 Å². The second-order valence-electron chi connectivity index (χ2n) is 8.11. The summed E-state index contributed by atoms with van der Waals surface area (Å²) in [5.41, 5.74) is 4.33. The SMILES string of the molecule is CC=C[C@H](CC(=O)O)c1ccc(OCc2ccc3c(c2)c(CC(C)C)nn3C)cc1. The third kappa shape index (κ3) is 5.29. The third-order valence-electron chi connectivity index (χ3n) is 5.13. The molecule has 1 heterocycles. The highest BCUT2D eigenvalue weighted by Gasteiger charge is 2.13. The Morgan fingerprint density at radius 3 is 2.57 bits per heavy atom. The number of hydrogen-bond donors (Lipinski definition) is 1. The molecule has 5 nitrogen and oxygen atoms in total. The second-order valence-corrected chi connectivity index (χ2v) is 8.11. The van der Waals surface area contributed by atoms with Crippen LogP contribution >= 0.6 is 0 Å². The van der Waals surface area contributed by atoms with E-state index < -0.39 is 5.97 Å². The van der Waals surface area contributed by atoms with E-state index in [-0.39, 0.29) is 12.3 Å². The molecule has 0 radical (unpaired) electrons. The first kappa shape index (κ1) is 21.6. The van der Waals surface area contributed by atoms with Crippen LogP contribution in [0, 0.1) is 5.92 Å². The summed E-state index contributed by atoms with van der Waals surface area (Å²) in [4.78, 5) is 11.1. The number of allylic oxidation sites excluding steroid dienone is 2. The lowest BCUT2D eigenvalue weighted by molar-refractivity contribution is -0.137. The lowest BCUT2D eigenvalue weighted by Gasteiger charge is -2.12. The van der Waals surface area contributed by atoms with E-state index in [1.807, 2.05) is 55.1 Å². The molecule has 0 amide bonds. The van der Waals surface area contributed by atoms with Crippen LogP contribution < -0.4 is 4.74 Å². The van der Waals surface area contributed by atoms with E-state index in [1.54, 1.807) is 0 Å². The molecule has 0 aliphatic heterocycles. The van der Waals surface area contributed by atoms with Crippen LogP contribution in [0.5, 0.6) is 5.75 Å². The summed E-state index contributed by atoms with van der Waals surface area (Å²) in [6.07, 6.45) is 4.84. The average Bonchev–Trinajstić information content (AvgIpc) is 3.00. The first-order valence-corrected chi connectivity index (χ1v) is 10.4. The zero-order chi connectivity index (χ0) is 21.7. The van der Waals surface area contributed by atoms with Crippen LogP contribution in [-0.2, 0) is 24.9 Å². The summed E-state index contributed by atoms with van der Waals surface area (Å²) in [6.45, 7) is 6.78. The van der Waals surface area contributed by atoms with Crippen molar-refractivity contribution in [1.29, 1.82) is 0 Å². The number of carboxylic acids is 1. The van der Waals surface area contributed by atoms with Crippen molar-refractivity contribution in [3.8, 4) is 5.75 Å². The standard InChI is InChI=1S/C25H30N2O3/c1-5-6-20(15-25(28)29)19-8-10-21(11-9-19)30-16-18-7-12-24-22(14-18)23(13-17(2)3)26-27(24)4/h5-12,14,17,20H,13,15-16H2,1-4H3,(H,28,29)/t20-/m1/s1. The van der Waals surface area contributed by atoms with E-state index >= 15 is 0 Å². The third-order valence-corrected chi connectivity index (χ3v) is 5.13. The molecule has 5 heteroatoms. The summed E-state index contributed by atoms with van der Waals surface area (Å²) in [5, 5.41) is 15.0. The van der Waals surface area contributed by atoms with Gasteiger partial charge in [-0.1, -0.05) is 44.2 Å². The van der Waals surface area contributed by atoms with Crippen LogP contribution in [0.3, 0.4) is 0 Å². The van der Waals surface area contributed by atoms with Crippen molar-refractivity contribution in [2.75, 3.05) is 0 Å². The number of ether oxygens (including phenoxy) is 1. The first-order chi connectivity index (χ1) is 14.4. The predicted octanol–water partition coefficient (Wildman–Crippen LogP) is 5.49. The predicted molar refractivity (Wildman–Crippen MR) is 120 cm³/mol. The summed E-state index contributed by atoms with van der Waals surface area (Å²) < 4.78 is 7.92. The van der Waals surface area contributed by atoms with E-state index in [0.29, 0.717) is 12.5 Å². The number of aliphatic carboxylic acids is 1.